The fraction of sp³-hybridized carbons (Fsp3) is 0.647. The Balaban J connectivity index is 1.63. The number of nitrogens with one attached hydrogen (secondary N) is 1. The highest BCUT2D eigenvalue weighted by Crippen LogP contribution is 2.41. The van der Waals surface area contributed by atoms with Crippen LogP contribution in [-0.4, -0.2) is 38.8 Å². The fourth-order valence-electron chi connectivity index (χ4n) is 3.86. The van der Waals surface area contributed by atoms with Crippen LogP contribution in [0.5, 0.6) is 0 Å². The molecule has 0 aromatic heterocycles. The summed E-state index contributed by atoms with van der Waals surface area (Å²) in [5.74, 6) is -0.119. The van der Waals surface area contributed by atoms with E-state index in [-0.39, 0.29) is 5.82 Å². The number of hydrogen-bond acceptors (Lipinski definition) is 3. The Morgan fingerprint density at radius 3 is 2.86 bits per heavy atom. The minimum atomic E-state index is -0.119. The molecule has 4 heteroatoms. The van der Waals surface area contributed by atoms with Crippen molar-refractivity contribution in [3.05, 3.63) is 24.0 Å². The molecule has 0 amide bonds. The zero-order valence-electron chi connectivity index (χ0n) is 12.7. The largest absolute Gasteiger partial charge is 0.367 e. The molecular formula is C17H24FN3. The van der Waals surface area contributed by atoms with Gasteiger partial charge in [-0.1, -0.05) is 6.92 Å². The van der Waals surface area contributed by atoms with Crippen LogP contribution < -0.4 is 15.1 Å². The standard InChI is InChI=1S/C17H24FN3/c1-17(6-7-19-11-17)12-20-8-9-21(14-3-4-14)15-5-2-13(18)10-16(15)20/h2,5,10,14,19H,3-4,6-9,11-12H2,1H3. The molecule has 1 aromatic carbocycles. The molecule has 114 valence electrons. The minimum absolute atomic E-state index is 0.119. The van der Waals surface area contributed by atoms with Crippen molar-refractivity contribution in [3.8, 4) is 0 Å². The van der Waals surface area contributed by atoms with E-state index in [4.69, 9.17) is 0 Å². The number of nitrogens with zero attached hydrogens (tertiary/aromatic N) is 2. The first kappa shape index (κ1) is 13.4. The van der Waals surface area contributed by atoms with Crippen LogP contribution in [0.2, 0.25) is 0 Å². The van der Waals surface area contributed by atoms with Gasteiger partial charge in [0.15, 0.2) is 0 Å². The zero-order chi connectivity index (χ0) is 14.4. The van der Waals surface area contributed by atoms with Crippen molar-refractivity contribution in [1.29, 1.82) is 0 Å². The Hall–Kier alpha value is -1.29. The molecule has 3 aliphatic rings. The normalized spacial score (nSPS) is 28.9. The summed E-state index contributed by atoms with van der Waals surface area (Å²) in [6, 6.07) is 6.01. The lowest BCUT2D eigenvalue weighted by Crippen LogP contribution is -2.46. The Morgan fingerprint density at radius 2 is 2.14 bits per heavy atom. The van der Waals surface area contributed by atoms with Gasteiger partial charge in [-0.25, -0.2) is 4.39 Å². The van der Waals surface area contributed by atoms with Crippen molar-refractivity contribution >= 4 is 11.4 Å². The molecule has 2 heterocycles. The predicted molar refractivity (Wildman–Crippen MR) is 84.6 cm³/mol. The van der Waals surface area contributed by atoms with Gasteiger partial charge in [0.1, 0.15) is 5.82 Å². The van der Waals surface area contributed by atoms with Crippen LogP contribution >= 0.6 is 0 Å². The summed E-state index contributed by atoms with van der Waals surface area (Å²) in [5, 5.41) is 3.46. The van der Waals surface area contributed by atoms with E-state index in [1.54, 1.807) is 12.1 Å². The third-order valence-corrected chi connectivity index (χ3v) is 5.22. The van der Waals surface area contributed by atoms with Crippen molar-refractivity contribution in [2.45, 2.75) is 32.2 Å². The zero-order valence-corrected chi connectivity index (χ0v) is 12.7. The Bertz CT molecular complexity index is 535. The van der Waals surface area contributed by atoms with Crippen molar-refractivity contribution in [1.82, 2.24) is 5.32 Å². The quantitative estimate of drug-likeness (QED) is 0.923. The Morgan fingerprint density at radius 1 is 1.29 bits per heavy atom. The maximum absolute atomic E-state index is 13.8. The summed E-state index contributed by atoms with van der Waals surface area (Å²) >= 11 is 0. The van der Waals surface area contributed by atoms with Crippen molar-refractivity contribution in [3.63, 3.8) is 0 Å². The molecular weight excluding hydrogens is 265 g/mol. The lowest BCUT2D eigenvalue weighted by Gasteiger charge is -2.42. The molecule has 1 unspecified atom stereocenters. The SMILES string of the molecule is CC1(CN2CCN(C3CC3)c3ccc(F)cc32)CCNC1. The van der Waals surface area contributed by atoms with E-state index in [2.05, 4.69) is 22.0 Å². The van der Waals surface area contributed by atoms with Gasteiger partial charge >= 0.3 is 0 Å². The van der Waals surface area contributed by atoms with E-state index in [1.165, 1.54) is 24.9 Å². The highest BCUT2D eigenvalue weighted by atomic mass is 19.1. The van der Waals surface area contributed by atoms with Crippen LogP contribution in [0.3, 0.4) is 0 Å². The number of rotatable bonds is 3. The van der Waals surface area contributed by atoms with Crippen molar-refractivity contribution < 1.29 is 4.39 Å². The molecule has 1 saturated heterocycles. The van der Waals surface area contributed by atoms with Crippen LogP contribution in [-0.2, 0) is 0 Å². The van der Waals surface area contributed by atoms with Crippen molar-refractivity contribution in [2.75, 3.05) is 42.5 Å². The van der Waals surface area contributed by atoms with E-state index < -0.39 is 0 Å². The molecule has 0 spiro atoms. The first-order valence-corrected chi connectivity index (χ1v) is 8.17. The smallest absolute Gasteiger partial charge is 0.125 e. The highest BCUT2D eigenvalue weighted by molar-refractivity contribution is 5.74. The molecule has 0 radical (unpaired) electrons. The van der Waals surface area contributed by atoms with Gasteiger partial charge in [-0.05, 0) is 49.4 Å². The molecule has 1 N–H and O–H groups in total. The molecule has 1 saturated carbocycles. The van der Waals surface area contributed by atoms with E-state index in [0.29, 0.717) is 11.5 Å². The Kier molecular flexibility index (Phi) is 3.10. The number of halogens is 1. The van der Waals surface area contributed by atoms with Gasteiger partial charge in [-0.15, -0.1) is 0 Å². The van der Waals surface area contributed by atoms with E-state index in [0.717, 1.165) is 38.4 Å². The highest BCUT2D eigenvalue weighted by Gasteiger charge is 2.37. The molecule has 1 aliphatic carbocycles. The number of benzene rings is 1. The summed E-state index contributed by atoms with van der Waals surface area (Å²) in [6.45, 7) is 7.64. The van der Waals surface area contributed by atoms with Crippen LogP contribution in [0.1, 0.15) is 26.2 Å². The maximum Gasteiger partial charge on any atom is 0.125 e. The summed E-state index contributed by atoms with van der Waals surface area (Å²) in [5.41, 5.74) is 2.65. The van der Waals surface area contributed by atoms with Crippen LogP contribution in [0.15, 0.2) is 18.2 Å². The number of hydrogen-bond donors (Lipinski definition) is 1. The van der Waals surface area contributed by atoms with Gasteiger partial charge in [-0.2, -0.15) is 0 Å². The maximum atomic E-state index is 13.8. The van der Waals surface area contributed by atoms with Gasteiger partial charge in [0.25, 0.3) is 0 Å². The fourth-order valence-corrected chi connectivity index (χ4v) is 3.86. The van der Waals surface area contributed by atoms with E-state index >= 15 is 0 Å². The van der Waals surface area contributed by atoms with Crippen LogP contribution in [0.25, 0.3) is 0 Å². The topological polar surface area (TPSA) is 18.5 Å². The lowest BCUT2D eigenvalue weighted by atomic mass is 9.88. The second-order valence-corrected chi connectivity index (χ2v) is 7.22. The third-order valence-electron chi connectivity index (χ3n) is 5.22. The van der Waals surface area contributed by atoms with Gasteiger partial charge in [0.2, 0.25) is 0 Å². The summed E-state index contributed by atoms with van der Waals surface area (Å²) in [4.78, 5) is 4.89. The van der Waals surface area contributed by atoms with Gasteiger partial charge in [0, 0.05) is 32.2 Å². The van der Waals surface area contributed by atoms with E-state index in [1.807, 2.05) is 6.07 Å². The Labute approximate surface area is 126 Å². The van der Waals surface area contributed by atoms with E-state index in [9.17, 15) is 4.39 Å². The number of fused-ring (bicyclic) bond motifs is 1. The van der Waals surface area contributed by atoms with Gasteiger partial charge in [0.05, 0.1) is 11.4 Å². The molecule has 2 fully saturated rings. The van der Waals surface area contributed by atoms with Crippen molar-refractivity contribution in [2.24, 2.45) is 5.41 Å². The summed E-state index contributed by atoms with van der Waals surface area (Å²) < 4.78 is 13.8. The summed E-state index contributed by atoms with van der Waals surface area (Å²) in [6.07, 6.45) is 3.79. The average Bonchev–Trinajstić information content (AvgIpc) is 3.22. The second kappa shape index (κ2) is 4.87. The predicted octanol–water partition coefficient (Wildman–Crippen LogP) is 2.61. The molecule has 21 heavy (non-hydrogen) atoms. The van der Waals surface area contributed by atoms with Gasteiger partial charge < -0.3 is 15.1 Å². The monoisotopic (exact) mass is 289 g/mol. The molecule has 1 atom stereocenters. The lowest BCUT2D eigenvalue weighted by molar-refractivity contribution is 0.363. The van der Waals surface area contributed by atoms with Crippen LogP contribution in [0.4, 0.5) is 15.8 Å². The second-order valence-electron chi connectivity index (χ2n) is 7.22. The molecule has 4 rings (SSSR count). The molecule has 3 nitrogen and oxygen atoms in total. The molecule has 1 aromatic rings. The molecule has 0 bridgehead atoms. The van der Waals surface area contributed by atoms with Gasteiger partial charge in [-0.3, -0.25) is 0 Å². The number of anilines is 2. The summed E-state index contributed by atoms with van der Waals surface area (Å²) in [7, 11) is 0. The first-order valence-electron chi connectivity index (χ1n) is 8.17. The minimum Gasteiger partial charge on any atom is -0.367 e. The molecule has 2 aliphatic heterocycles. The average molecular weight is 289 g/mol. The third kappa shape index (κ3) is 2.50. The first-order chi connectivity index (χ1) is 10.1. The van der Waals surface area contributed by atoms with Crippen LogP contribution in [0, 0.1) is 11.2 Å².